The quantitative estimate of drug-likeness (QED) is 0.696. The van der Waals surface area contributed by atoms with Gasteiger partial charge in [0.2, 0.25) is 0 Å². The van der Waals surface area contributed by atoms with Gasteiger partial charge in [0.15, 0.2) is 6.29 Å². The number of ether oxygens (including phenoxy) is 1. The van der Waals surface area contributed by atoms with E-state index in [4.69, 9.17) is 16.3 Å². The fourth-order valence-electron chi connectivity index (χ4n) is 1.02. The minimum absolute atomic E-state index is 0.159. The molecule has 0 aromatic carbocycles. The number of aromatic nitrogens is 1. The molecule has 0 N–H and O–H groups in total. The van der Waals surface area contributed by atoms with E-state index in [9.17, 15) is 9.59 Å². The Hall–Kier alpha value is -1.29. The summed E-state index contributed by atoms with van der Waals surface area (Å²) >= 11 is 5.75. The summed E-state index contributed by atoms with van der Waals surface area (Å²) in [6.45, 7) is 5.22. The molecule has 0 radical (unpaired) electrons. The van der Waals surface area contributed by atoms with Crippen LogP contribution in [0, 0.1) is 0 Å². The van der Waals surface area contributed by atoms with Crippen LogP contribution in [0.3, 0.4) is 0 Å². The van der Waals surface area contributed by atoms with Crippen LogP contribution in [0.5, 0.6) is 0 Å². The van der Waals surface area contributed by atoms with Crippen LogP contribution in [0.25, 0.3) is 0 Å². The van der Waals surface area contributed by atoms with E-state index in [1.807, 2.05) is 0 Å². The molecule has 0 aliphatic carbocycles. The topological polar surface area (TPSA) is 48.3 Å². The molecule has 0 aliphatic heterocycles. The summed E-state index contributed by atoms with van der Waals surface area (Å²) in [6, 6.07) is 2.93. The minimum Gasteiger partial charge on any atom is -0.443 e. The highest BCUT2D eigenvalue weighted by Crippen LogP contribution is 2.17. The molecule has 0 bridgehead atoms. The Kier molecular flexibility index (Phi) is 3.19. The molecule has 0 saturated heterocycles. The van der Waals surface area contributed by atoms with Crippen molar-refractivity contribution in [2.45, 2.75) is 26.4 Å². The SMILES string of the molecule is CC(C)(C)OC(=O)n1c(Cl)ccc1C=O. The van der Waals surface area contributed by atoms with Crippen molar-refractivity contribution in [2.24, 2.45) is 0 Å². The molecule has 5 heteroatoms. The van der Waals surface area contributed by atoms with Gasteiger partial charge in [-0.3, -0.25) is 4.79 Å². The lowest BCUT2D eigenvalue weighted by Gasteiger charge is -2.20. The first-order valence-corrected chi connectivity index (χ1v) is 4.79. The van der Waals surface area contributed by atoms with E-state index in [1.54, 1.807) is 20.8 Å². The van der Waals surface area contributed by atoms with Crippen molar-refractivity contribution in [1.82, 2.24) is 4.57 Å². The maximum Gasteiger partial charge on any atom is 0.420 e. The molecule has 0 saturated carbocycles. The normalized spacial score (nSPS) is 11.2. The molecule has 0 amide bonds. The molecule has 0 aliphatic rings. The maximum absolute atomic E-state index is 11.6. The van der Waals surface area contributed by atoms with Crippen LogP contribution < -0.4 is 0 Å². The Labute approximate surface area is 92.8 Å². The molecule has 4 nitrogen and oxygen atoms in total. The number of aldehydes is 1. The standard InChI is InChI=1S/C10H12ClNO3/c1-10(2,3)15-9(14)12-7(6-13)4-5-8(12)11/h4-6H,1-3H3. The van der Waals surface area contributed by atoms with Gasteiger partial charge in [-0.2, -0.15) is 0 Å². The van der Waals surface area contributed by atoms with E-state index in [0.29, 0.717) is 6.29 Å². The molecule has 0 spiro atoms. The van der Waals surface area contributed by atoms with E-state index in [0.717, 1.165) is 4.57 Å². The first-order valence-electron chi connectivity index (χ1n) is 4.41. The fraction of sp³-hybridized carbons (Fsp3) is 0.400. The van der Waals surface area contributed by atoms with Gasteiger partial charge < -0.3 is 4.74 Å². The Morgan fingerprint density at radius 1 is 1.47 bits per heavy atom. The summed E-state index contributed by atoms with van der Waals surface area (Å²) in [4.78, 5) is 22.2. The fourth-order valence-corrected chi connectivity index (χ4v) is 1.25. The minimum atomic E-state index is -0.653. The summed E-state index contributed by atoms with van der Waals surface area (Å²) in [6.07, 6.45) is -0.102. The van der Waals surface area contributed by atoms with E-state index in [1.165, 1.54) is 12.1 Å². The largest absolute Gasteiger partial charge is 0.443 e. The van der Waals surface area contributed by atoms with Crippen molar-refractivity contribution in [2.75, 3.05) is 0 Å². The smallest absolute Gasteiger partial charge is 0.420 e. The van der Waals surface area contributed by atoms with Crippen molar-refractivity contribution in [3.63, 3.8) is 0 Å². The number of hydrogen-bond donors (Lipinski definition) is 0. The molecule has 0 unspecified atom stereocenters. The van der Waals surface area contributed by atoms with Crippen LogP contribution >= 0.6 is 11.6 Å². The van der Waals surface area contributed by atoms with Gasteiger partial charge in [-0.05, 0) is 32.9 Å². The Balaban J connectivity index is 3.00. The molecule has 15 heavy (non-hydrogen) atoms. The Bertz CT molecular complexity index is 390. The molecule has 1 aromatic heterocycles. The van der Waals surface area contributed by atoms with Gasteiger partial charge in [-0.15, -0.1) is 0 Å². The molecule has 1 heterocycles. The summed E-state index contributed by atoms with van der Waals surface area (Å²) in [5.74, 6) is 0. The van der Waals surface area contributed by atoms with Crippen LogP contribution in [0.2, 0.25) is 5.15 Å². The molecule has 82 valence electrons. The van der Waals surface area contributed by atoms with E-state index < -0.39 is 11.7 Å². The highest BCUT2D eigenvalue weighted by molar-refractivity contribution is 6.30. The zero-order chi connectivity index (χ0) is 11.6. The Morgan fingerprint density at radius 2 is 2.07 bits per heavy atom. The van der Waals surface area contributed by atoms with Crippen LogP contribution in [0.4, 0.5) is 4.79 Å². The number of nitrogens with zero attached hydrogens (tertiary/aromatic N) is 1. The van der Waals surface area contributed by atoms with E-state index in [2.05, 4.69) is 0 Å². The van der Waals surface area contributed by atoms with Gasteiger partial charge in [0.1, 0.15) is 10.8 Å². The van der Waals surface area contributed by atoms with Gasteiger partial charge in [-0.25, -0.2) is 9.36 Å². The second kappa shape index (κ2) is 4.06. The number of rotatable bonds is 1. The molecule has 1 aromatic rings. The third-order valence-electron chi connectivity index (χ3n) is 1.56. The van der Waals surface area contributed by atoms with Crippen LogP contribution in [-0.4, -0.2) is 22.5 Å². The highest BCUT2D eigenvalue weighted by atomic mass is 35.5. The third kappa shape index (κ3) is 2.83. The molecule has 0 fully saturated rings. The first kappa shape index (κ1) is 11.8. The molecule has 0 atom stereocenters. The van der Waals surface area contributed by atoms with Crippen LogP contribution in [0.15, 0.2) is 12.1 Å². The van der Waals surface area contributed by atoms with Gasteiger partial charge >= 0.3 is 6.09 Å². The second-order valence-electron chi connectivity index (χ2n) is 4.01. The lowest BCUT2D eigenvalue weighted by atomic mass is 10.2. The Morgan fingerprint density at radius 3 is 2.53 bits per heavy atom. The maximum atomic E-state index is 11.6. The average molecular weight is 230 g/mol. The number of hydrogen-bond acceptors (Lipinski definition) is 3. The van der Waals surface area contributed by atoms with E-state index in [-0.39, 0.29) is 10.8 Å². The molecular formula is C10H12ClNO3. The number of halogens is 1. The lowest BCUT2D eigenvalue weighted by molar-refractivity contribution is 0.0532. The van der Waals surface area contributed by atoms with Crippen molar-refractivity contribution in [3.05, 3.63) is 23.0 Å². The van der Waals surface area contributed by atoms with Crippen LogP contribution in [-0.2, 0) is 4.74 Å². The number of carbonyl (C=O) groups excluding carboxylic acids is 2. The van der Waals surface area contributed by atoms with Gasteiger partial charge in [-0.1, -0.05) is 11.6 Å². The van der Waals surface area contributed by atoms with Crippen LogP contribution in [0.1, 0.15) is 31.3 Å². The highest BCUT2D eigenvalue weighted by Gasteiger charge is 2.21. The van der Waals surface area contributed by atoms with Crippen molar-refractivity contribution in [1.29, 1.82) is 0 Å². The summed E-state index contributed by atoms with van der Waals surface area (Å²) in [5, 5.41) is 0.159. The van der Waals surface area contributed by atoms with E-state index >= 15 is 0 Å². The average Bonchev–Trinajstić information content (AvgIpc) is 2.43. The van der Waals surface area contributed by atoms with Crippen molar-refractivity contribution < 1.29 is 14.3 Å². The van der Waals surface area contributed by atoms with Gasteiger partial charge in [0, 0.05) is 0 Å². The van der Waals surface area contributed by atoms with Gasteiger partial charge in [0.05, 0.1) is 5.69 Å². The zero-order valence-electron chi connectivity index (χ0n) is 8.78. The predicted molar refractivity (Wildman–Crippen MR) is 56.5 cm³/mol. The molecular weight excluding hydrogens is 218 g/mol. The van der Waals surface area contributed by atoms with Crippen molar-refractivity contribution in [3.8, 4) is 0 Å². The molecule has 1 rings (SSSR count). The van der Waals surface area contributed by atoms with Crippen molar-refractivity contribution >= 4 is 24.0 Å². The monoisotopic (exact) mass is 229 g/mol. The zero-order valence-corrected chi connectivity index (χ0v) is 9.54. The second-order valence-corrected chi connectivity index (χ2v) is 4.40. The number of carbonyl (C=O) groups is 2. The lowest BCUT2D eigenvalue weighted by Crippen LogP contribution is -2.28. The summed E-state index contributed by atoms with van der Waals surface area (Å²) in [5.41, 5.74) is -0.445. The summed E-state index contributed by atoms with van der Waals surface area (Å²) < 4.78 is 6.11. The first-order chi connectivity index (χ1) is 6.85. The predicted octanol–water partition coefficient (Wildman–Crippen LogP) is 2.74. The summed E-state index contributed by atoms with van der Waals surface area (Å²) in [7, 11) is 0. The third-order valence-corrected chi connectivity index (χ3v) is 1.86. The van der Waals surface area contributed by atoms with Gasteiger partial charge in [0.25, 0.3) is 0 Å².